The quantitative estimate of drug-likeness (QED) is 0.544. The molecule has 0 radical (unpaired) electrons. The number of alkyl halides is 3. The maximum absolute atomic E-state index is 15.5. The minimum atomic E-state index is -4.50. The number of hydrogen-bond acceptors (Lipinski definition) is 8. The number of ether oxygens (including phenoxy) is 1. The summed E-state index contributed by atoms with van der Waals surface area (Å²) in [6.07, 6.45) is -0.819. The highest BCUT2D eigenvalue weighted by Crippen LogP contribution is 2.33. The number of anilines is 2. The lowest BCUT2D eigenvalue weighted by molar-refractivity contribution is -0.137. The lowest BCUT2D eigenvalue weighted by Gasteiger charge is -2.36. The first-order valence-electron chi connectivity index (χ1n) is 11.8. The molecule has 4 rings (SSSR count). The van der Waals surface area contributed by atoms with Crippen molar-refractivity contribution >= 4 is 17.5 Å². The van der Waals surface area contributed by atoms with Gasteiger partial charge in [-0.2, -0.15) is 17.6 Å². The van der Waals surface area contributed by atoms with Gasteiger partial charge in [0.2, 0.25) is 11.7 Å². The van der Waals surface area contributed by atoms with Crippen LogP contribution in [0.4, 0.5) is 29.2 Å². The number of nitrogens with one attached hydrogen (secondary N) is 1. The van der Waals surface area contributed by atoms with E-state index >= 15 is 4.39 Å². The van der Waals surface area contributed by atoms with Crippen LogP contribution in [0.15, 0.2) is 24.7 Å². The molecule has 4 heterocycles. The van der Waals surface area contributed by atoms with E-state index in [1.54, 1.807) is 11.8 Å². The summed E-state index contributed by atoms with van der Waals surface area (Å²) in [5.74, 6) is -0.635. The van der Waals surface area contributed by atoms with Crippen LogP contribution in [0, 0.1) is 11.7 Å². The molecule has 0 aromatic carbocycles. The van der Waals surface area contributed by atoms with Gasteiger partial charge in [0.05, 0.1) is 36.6 Å². The molecule has 36 heavy (non-hydrogen) atoms. The first-order chi connectivity index (χ1) is 17.1. The molecule has 2 aromatic heterocycles. The molecule has 0 aliphatic carbocycles. The van der Waals surface area contributed by atoms with E-state index in [0.29, 0.717) is 18.8 Å². The van der Waals surface area contributed by atoms with Crippen LogP contribution in [0.3, 0.4) is 0 Å². The summed E-state index contributed by atoms with van der Waals surface area (Å²) in [5, 5.41) is 3.07. The number of hydrogen-bond donors (Lipinski definition) is 2. The summed E-state index contributed by atoms with van der Waals surface area (Å²) in [7, 11) is 0. The van der Waals surface area contributed by atoms with Gasteiger partial charge >= 0.3 is 6.18 Å². The molecular formula is C23H31F4N7O2. The zero-order valence-electron chi connectivity index (χ0n) is 19.8. The molecule has 13 heteroatoms. The molecule has 0 saturated carbocycles. The highest BCUT2D eigenvalue weighted by Gasteiger charge is 2.33. The fraction of sp³-hybridized carbons (Fsp3) is 0.565. The normalized spacial score (nSPS) is 20.8. The summed E-state index contributed by atoms with van der Waals surface area (Å²) in [6, 6.07) is 1.31. The largest absolute Gasteiger partial charge is 0.417 e. The van der Waals surface area contributed by atoms with Crippen LogP contribution < -0.4 is 16.0 Å². The molecule has 2 aliphatic heterocycles. The molecule has 2 fully saturated rings. The Bertz CT molecular complexity index is 1050. The molecular weight excluding hydrogens is 482 g/mol. The second-order valence-electron chi connectivity index (χ2n) is 9.05. The molecule has 0 bridgehead atoms. The number of piperidine rings is 1. The van der Waals surface area contributed by atoms with Gasteiger partial charge in [0, 0.05) is 20.7 Å². The smallest absolute Gasteiger partial charge is 0.377 e. The summed E-state index contributed by atoms with van der Waals surface area (Å²) in [4.78, 5) is 27.2. The van der Waals surface area contributed by atoms with Crippen molar-refractivity contribution in [3.05, 3.63) is 41.7 Å². The second-order valence-corrected chi connectivity index (χ2v) is 9.05. The summed E-state index contributed by atoms with van der Waals surface area (Å²) in [6.45, 7) is 4.47. The topological polar surface area (TPSA) is 110 Å². The fourth-order valence-electron chi connectivity index (χ4n) is 4.52. The molecule has 2 aromatic rings. The number of aromatic nitrogens is 3. The number of morpholine rings is 1. The molecule has 2 aliphatic rings. The lowest BCUT2D eigenvalue weighted by Crippen LogP contribution is -2.47. The van der Waals surface area contributed by atoms with Crippen LogP contribution in [0.5, 0.6) is 0 Å². The van der Waals surface area contributed by atoms with E-state index in [4.69, 9.17) is 10.5 Å². The summed E-state index contributed by atoms with van der Waals surface area (Å²) < 4.78 is 59.8. The van der Waals surface area contributed by atoms with E-state index in [1.165, 1.54) is 12.4 Å². The van der Waals surface area contributed by atoms with Crippen LogP contribution in [0.1, 0.15) is 38.5 Å². The number of nitrogens with zero attached hydrogens (tertiary/aromatic N) is 5. The van der Waals surface area contributed by atoms with Gasteiger partial charge in [-0.25, -0.2) is 9.97 Å². The molecule has 2 unspecified atom stereocenters. The average Bonchev–Trinajstić information content (AvgIpc) is 2.87. The third kappa shape index (κ3) is 5.84. The van der Waals surface area contributed by atoms with E-state index < -0.39 is 23.6 Å². The molecule has 2 saturated heterocycles. The van der Waals surface area contributed by atoms with Crippen molar-refractivity contribution in [2.24, 2.45) is 11.7 Å². The van der Waals surface area contributed by atoms with Gasteiger partial charge in [0.1, 0.15) is 6.33 Å². The fourth-order valence-corrected chi connectivity index (χ4v) is 4.52. The highest BCUT2D eigenvalue weighted by atomic mass is 19.4. The number of primary amides is 1. The minimum absolute atomic E-state index is 0. The van der Waals surface area contributed by atoms with Gasteiger partial charge in [-0.15, -0.1) is 0 Å². The first-order valence-corrected chi connectivity index (χ1v) is 11.8. The number of amides is 1. The second kappa shape index (κ2) is 10.9. The van der Waals surface area contributed by atoms with Gasteiger partial charge in [-0.05, 0) is 50.9 Å². The molecule has 1 amide bonds. The van der Waals surface area contributed by atoms with E-state index in [0.717, 1.165) is 38.2 Å². The Morgan fingerprint density at radius 2 is 2.00 bits per heavy atom. The number of rotatable bonds is 7. The monoisotopic (exact) mass is 513 g/mol. The van der Waals surface area contributed by atoms with Crippen molar-refractivity contribution in [2.75, 3.05) is 49.6 Å². The number of carbonyl (C=O) groups is 1. The van der Waals surface area contributed by atoms with Crippen LogP contribution >= 0.6 is 0 Å². The van der Waals surface area contributed by atoms with E-state index in [-0.39, 0.29) is 44.1 Å². The average molecular weight is 514 g/mol. The Morgan fingerprint density at radius 3 is 2.64 bits per heavy atom. The predicted octanol–water partition coefficient (Wildman–Crippen LogP) is 2.85. The van der Waals surface area contributed by atoms with E-state index in [9.17, 15) is 18.0 Å². The zero-order valence-corrected chi connectivity index (χ0v) is 19.8. The minimum Gasteiger partial charge on any atom is -0.377 e. The Kier molecular flexibility index (Phi) is 7.88. The summed E-state index contributed by atoms with van der Waals surface area (Å²) >= 11 is 0. The maximum atomic E-state index is 15.5. The molecule has 198 valence electrons. The van der Waals surface area contributed by atoms with Crippen LogP contribution in [0.25, 0.3) is 0 Å². The van der Waals surface area contributed by atoms with Crippen molar-refractivity contribution in [2.45, 2.75) is 38.0 Å². The van der Waals surface area contributed by atoms with Gasteiger partial charge in [-0.3, -0.25) is 14.7 Å². The van der Waals surface area contributed by atoms with Crippen molar-refractivity contribution in [1.82, 2.24) is 19.9 Å². The van der Waals surface area contributed by atoms with E-state index in [2.05, 4.69) is 20.3 Å². The number of carbonyl (C=O) groups excluding carboxylic acids is 1. The van der Waals surface area contributed by atoms with Crippen LogP contribution in [-0.2, 0) is 15.7 Å². The standard InChI is InChI=1S/C23H29F4N7O2.H2/c1-14(20(28)35)33-6-4-15(5-7-33)10-30-21-19(24)22(32-13-31-21)34-8-9-36-12-18(34)17-3-2-16(11-29-17)23(25,26)27;/h2-3,11,13-15,18H,4-10,12H2,1H3,(H2,28,35)(H,30,31,32);1H. The lowest BCUT2D eigenvalue weighted by atomic mass is 9.95. The Labute approximate surface area is 207 Å². The predicted molar refractivity (Wildman–Crippen MR) is 126 cm³/mol. The van der Waals surface area contributed by atoms with Crippen molar-refractivity contribution < 1.29 is 28.5 Å². The Morgan fingerprint density at radius 1 is 1.25 bits per heavy atom. The number of pyridine rings is 1. The van der Waals surface area contributed by atoms with Gasteiger partial charge in [0.15, 0.2) is 11.6 Å². The Balaban J connectivity index is 0.00000380. The highest BCUT2D eigenvalue weighted by molar-refractivity contribution is 5.79. The maximum Gasteiger partial charge on any atom is 0.417 e. The Hall–Kier alpha value is -3.06. The molecule has 0 spiro atoms. The van der Waals surface area contributed by atoms with E-state index in [1.807, 2.05) is 4.90 Å². The number of likely N-dealkylation sites (tertiary alicyclic amines) is 1. The zero-order chi connectivity index (χ0) is 25.9. The third-order valence-electron chi connectivity index (χ3n) is 6.79. The van der Waals surface area contributed by atoms with Gasteiger partial charge in [0.25, 0.3) is 0 Å². The molecule has 9 nitrogen and oxygen atoms in total. The number of nitrogens with two attached hydrogens (primary N) is 1. The summed E-state index contributed by atoms with van der Waals surface area (Å²) in [5.41, 5.74) is 4.86. The molecule has 3 N–H and O–H groups in total. The van der Waals surface area contributed by atoms with Crippen LogP contribution in [-0.4, -0.2) is 71.2 Å². The SMILES string of the molecule is CC(C(N)=O)N1CCC(CNc2ncnc(N3CCOCC3c3ccc(C(F)(F)F)cn3)c2F)CC1.[HH]. The van der Waals surface area contributed by atoms with Gasteiger partial charge < -0.3 is 20.7 Å². The third-order valence-corrected chi connectivity index (χ3v) is 6.79. The van der Waals surface area contributed by atoms with Crippen molar-refractivity contribution in [1.29, 1.82) is 0 Å². The number of halogens is 4. The van der Waals surface area contributed by atoms with Gasteiger partial charge in [-0.1, -0.05) is 0 Å². The van der Waals surface area contributed by atoms with Crippen molar-refractivity contribution in [3.63, 3.8) is 0 Å². The van der Waals surface area contributed by atoms with Crippen LogP contribution in [0.2, 0.25) is 0 Å². The van der Waals surface area contributed by atoms with Crippen molar-refractivity contribution in [3.8, 4) is 0 Å². The molecule has 2 atom stereocenters. The first kappa shape index (κ1) is 26.0.